The van der Waals surface area contributed by atoms with E-state index in [0.717, 1.165) is 23.1 Å². The van der Waals surface area contributed by atoms with Crippen molar-refractivity contribution in [2.75, 3.05) is 19.6 Å². The van der Waals surface area contributed by atoms with E-state index in [1.807, 2.05) is 30.3 Å². The summed E-state index contributed by atoms with van der Waals surface area (Å²) < 4.78 is 6.75. The average molecular weight is 381 g/mol. The maximum Gasteiger partial charge on any atom is 0.244 e. The number of carbonyl (C=O) groups excluding carboxylic acids is 1. The zero-order chi connectivity index (χ0) is 16.8. The molecule has 0 unspecified atom stereocenters. The molecule has 0 saturated carbocycles. The van der Waals surface area contributed by atoms with Crippen LogP contribution in [0.4, 0.5) is 0 Å². The maximum atomic E-state index is 12.0. The highest BCUT2D eigenvalue weighted by molar-refractivity contribution is 9.10. The van der Waals surface area contributed by atoms with Crippen molar-refractivity contribution in [2.24, 2.45) is 0 Å². The number of benzene rings is 1. The Morgan fingerprint density at radius 1 is 1.43 bits per heavy atom. The van der Waals surface area contributed by atoms with E-state index in [4.69, 9.17) is 4.74 Å². The molecule has 23 heavy (non-hydrogen) atoms. The molecule has 1 fully saturated rings. The van der Waals surface area contributed by atoms with Crippen LogP contribution in [0.1, 0.15) is 26.3 Å². The van der Waals surface area contributed by atoms with Gasteiger partial charge in [-0.05, 0) is 44.5 Å². The Balaban J connectivity index is 1.79. The number of amides is 1. The number of nitrogens with zero attached hydrogens (tertiary/aromatic N) is 1. The number of rotatable bonds is 5. The van der Waals surface area contributed by atoms with Crippen molar-refractivity contribution in [2.45, 2.75) is 39.0 Å². The zero-order valence-electron chi connectivity index (χ0n) is 14.0. The molecule has 1 aliphatic heterocycles. The predicted molar refractivity (Wildman–Crippen MR) is 97.2 cm³/mol. The van der Waals surface area contributed by atoms with Crippen LogP contribution < -0.4 is 5.32 Å². The lowest BCUT2D eigenvalue weighted by Gasteiger charge is -2.38. The van der Waals surface area contributed by atoms with Crippen molar-refractivity contribution in [1.82, 2.24) is 10.2 Å². The second kappa shape index (κ2) is 8.62. The lowest BCUT2D eigenvalue weighted by atomic mass is 10.1. The minimum absolute atomic E-state index is 0.0637. The van der Waals surface area contributed by atoms with E-state index >= 15 is 0 Å². The summed E-state index contributed by atoms with van der Waals surface area (Å²) in [7, 11) is 0. The smallest absolute Gasteiger partial charge is 0.244 e. The SMILES string of the molecule is C[C@@H]1CN([C@@H](C)CNC(=O)/C=C/c2cccc(Br)c2)C[C@@H](C)O1. The first-order chi connectivity index (χ1) is 10.9. The van der Waals surface area contributed by atoms with Gasteiger partial charge in [0.15, 0.2) is 0 Å². The van der Waals surface area contributed by atoms with E-state index in [9.17, 15) is 4.79 Å². The molecular weight excluding hydrogens is 356 g/mol. The summed E-state index contributed by atoms with van der Waals surface area (Å²) in [5.74, 6) is -0.0637. The molecule has 0 bridgehead atoms. The van der Waals surface area contributed by atoms with Crippen LogP contribution >= 0.6 is 15.9 Å². The molecule has 4 nitrogen and oxygen atoms in total. The number of ether oxygens (including phenoxy) is 1. The normalized spacial score (nSPS) is 23.8. The van der Waals surface area contributed by atoms with E-state index in [2.05, 4.69) is 46.9 Å². The molecular formula is C18H25BrN2O2. The van der Waals surface area contributed by atoms with Gasteiger partial charge in [-0.2, -0.15) is 0 Å². The topological polar surface area (TPSA) is 41.6 Å². The van der Waals surface area contributed by atoms with Gasteiger partial charge in [0.05, 0.1) is 12.2 Å². The average Bonchev–Trinajstić information content (AvgIpc) is 2.49. The molecule has 1 aromatic carbocycles. The van der Waals surface area contributed by atoms with Gasteiger partial charge in [0.1, 0.15) is 0 Å². The fourth-order valence-electron chi connectivity index (χ4n) is 2.80. The largest absolute Gasteiger partial charge is 0.373 e. The van der Waals surface area contributed by atoms with Crippen molar-refractivity contribution in [3.8, 4) is 0 Å². The van der Waals surface area contributed by atoms with E-state index in [0.29, 0.717) is 12.6 Å². The van der Waals surface area contributed by atoms with Crippen molar-refractivity contribution >= 4 is 27.9 Å². The van der Waals surface area contributed by atoms with E-state index in [-0.39, 0.29) is 18.1 Å². The number of hydrogen-bond acceptors (Lipinski definition) is 3. The van der Waals surface area contributed by atoms with Gasteiger partial charge >= 0.3 is 0 Å². The summed E-state index contributed by atoms with van der Waals surface area (Å²) in [5, 5.41) is 2.97. The van der Waals surface area contributed by atoms with Crippen LogP contribution in [0.15, 0.2) is 34.8 Å². The second-order valence-corrected chi connectivity index (χ2v) is 7.11. The number of nitrogens with one attached hydrogen (secondary N) is 1. The fourth-order valence-corrected chi connectivity index (χ4v) is 3.21. The van der Waals surface area contributed by atoms with Crippen LogP contribution in [0.25, 0.3) is 6.08 Å². The third kappa shape index (κ3) is 6.09. The fraction of sp³-hybridized carbons (Fsp3) is 0.500. The molecule has 5 heteroatoms. The van der Waals surface area contributed by atoms with Gasteiger partial charge in [0.2, 0.25) is 5.91 Å². The standard InChI is InChI=1S/C18H25BrN2O2/c1-13(21-11-14(2)23-15(3)12-21)10-20-18(22)8-7-16-5-4-6-17(19)9-16/h4-9,13-15H,10-12H2,1-3H3,(H,20,22)/b8-7+/t13-,14+,15+/m0/s1. The van der Waals surface area contributed by atoms with Gasteiger partial charge < -0.3 is 10.1 Å². The Bertz CT molecular complexity index is 552. The molecule has 0 aromatic heterocycles. The Morgan fingerprint density at radius 3 is 2.78 bits per heavy atom. The highest BCUT2D eigenvalue weighted by Crippen LogP contribution is 2.14. The summed E-state index contributed by atoms with van der Waals surface area (Å²) in [6.07, 6.45) is 3.89. The highest BCUT2D eigenvalue weighted by atomic mass is 79.9. The van der Waals surface area contributed by atoms with Crippen LogP contribution in [-0.2, 0) is 9.53 Å². The molecule has 1 saturated heterocycles. The van der Waals surface area contributed by atoms with Crippen LogP contribution in [0.3, 0.4) is 0 Å². The summed E-state index contributed by atoms with van der Waals surface area (Å²) in [6, 6.07) is 8.15. The first kappa shape index (κ1) is 18.2. The van der Waals surface area contributed by atoms with Crippen molar-refractivity contribution in [1.29, 1.82) is 0 Å². The number of morpholine rings is 1. The maximum absolute atomic E-state index is 12.0. The van der Waals surface area contributed by atoms with E-state index < -0.39 is 0 Å². The van der Waals surface area contributed by atoms with Gasteiger partial charge in [-0.3, -0.25) is 9.69 Å². The molecule has 0 aliphatic carbocycles. The number of hydrogen-bond donors (Lipinski definition) is 1. The van der Waals surface area contributed by atoms with E-state index in [1.54, 1.807) is 6.08 Å². The third-order valence-electron chi connectivity index (χ3n) is 3.92. The molecule has 0 spiro atoms. The summed E-state index contributed by atoms with van der Waals surface area (Å²) in [5.41, 5.74) is 0.999. The Labute approximate surface area is 147 Å². The molecule has 1 amide bonds. The predicted octanol–water partition coefficient (Wildman–Crippen LogP) is 3.08. The molecule has 2 rings (SSSR count). The van der Waals surface area contributed by atoms with E-state index in [1.165, 1.54) is 0 Å². The monoisotopic (exact) mass is 380 g/mol. The van der Waals surface area contributed by atoms with Gasteiger partial charge in [-0.1, -0.05) is 28.1 Å². The van der Waals surface area contributed by atoms with Gasteiger partial charge in [-0.15, -0.1) is 0 Å². The summed E-state index contributed by atoms with van der Waals surface area (Å²) >= 11 is 3.42. The van der Waals surface area contributed by atoms with Gasteiger partial charge in [-0.25, -0.2) is 0 Å². The molecule has 126 valence electrons. The minimum Gasteiger partial charge on any atom is -0.373 e. The second-order valence-electron chi connectivity index (χ2n) is 6.19. The number of halogens is 1. The Kier molecular flexibility index (Phi) is 6.81. The highest BCUT2D eigenvalue weighted by Gasteiger charge is 2.25. The third-order valence-corrected chi connectivity index (χ3v) is 4.41. The first-order valence-electron chi connectivity index (χ1n) is 8.05. The van der Waals surface area contributed by atoms with Crippen LogP contribution in [0, 0.1) is 0 Å². The molecule has 0 radical (unpaired) electrons. The quantitative estimate of drug-likeness (QED) is 0.798. The lowest BCUT2D eigenvalue weighted by Crippen LogP contribution is -2.52. The summed E-state index contributed by atoms with van der Waals surface area (Å²) in [4.78, 5) is 14.3. The van der Waals surface area contributed by atoms with Crippen LogP contribution in [-0.4, -0.2) is 48.7 Å². The van der Waals surface area contributed by atoms with Gasteiger partial charge in [0, 0.05) is 36.2 Å². The molecule has 1 N–H and O–H groups in total. The van der Waals surface area contributed by atoms with Crippen molar-refractivity contribution in [3.63, 3.8) is 0 Å². The molecule has 1 aliphatic rings. The zero-order valence-corrected chi connectivity index (χ0v) is 15.5. The van der Waals surface area contributed by atoms with Gasteiger partial charge in [0.25, 0.3) is 0 Å². The molecule has 1 aromatic rings. The first-order valence-corrected chi connectivity index (χ1v) is 8.84. The van der Waals surface area contributed by atoms with Crippen LogP contribution in [0.5, 0.6) is 0 Å². The molecule has 1 heterocycles. The minimum atomic E-state index is -0.0637. The summed E-state index contributed by atoms with van der Waals surface area (Å²) in [6.45, 7) is 8.79. The van der Waals surface area contributed by atoms with Crippen molar-refractivity contribution in [3.05, 3.63) is 40.4 Å². The van der Waals surface area contributed by atoms with Crippen LogP contribution in [0.2, 0.25) is 0 Å². The Hall–Kier alpha value is -1.17. The Morgan fingerprint density at radius 2 is 2.13 bits per heavy atom. The number of carbonyl (C=O) groups is 1. The van der Waals surface area contributed by atoms with Crippen molar-refractivity contribution < 1.29 is 9.53 Å². The lowest BCUT2D eigenvalue weighted by molar-refractivity contribution is -0.117. The molecule has 3 atom stereocenters.